The number of hydrogen-bond acceptors (Lipinski definition) is 5. The van der Waals surface area contributed by atoms with Gasteiger partial charge in [0.15, 0.2) is 0 Å². The van der Waals surface area contributed by atoms with Crippen molar-refractivity contribution >= 4 is 28.6 Å². The molecule has 0 bridgehead atoms. The number of fused-ring (bicyclic) bond motifs is 1. The number of carboxylic acid groups (broad SMARTS) is 1. The third kappa shape index (κ3) is 4.87. The average Bonchev–Trinajstić information content (AvgIpc) is 3.23. The monoisotopic (exact) mass is 480 g/mol. The maximum atomic E-state index is 13.5. The first-order valence-corrected chi connectivity index (χ1v) is 11.5. The van der Waals surface area contributed by atoms with Gasteiger partial charge in [0.25, 0.3) is 0 Å². The molecule has 0 unspecified atom stereocenters. The van der Waals surface area contributed by atoms with Crippen LogP contribution in [0.25, 0.3) is 33.5 Å². The normalized spacial score (nSPS) is 18.2. The van der Waals surface area contributed by atoms with Crippen LogP contribution in [-0.2, 0) is 4.79 Å². The summed E-state index contributed by atoms with van der Waals surface area (Å²) in [6.45, 7) is 0. The number of nitrogens with one attached hydrogen (secondary N) is 1. The van der Waals surface area contributed by atoms with E-state index in [1.54, 1.807) is 18.5 Å². The number of aromatic amines is 1. The third-order valence-electron chi connectivity index (χ3n) is 6.16. The maximum absolute atomic E-state index is 13.5. The molecule has 34 heavy (non-hydrogen) atoms. The SMILES string of the molecule is O=C(O)C[C@H]1CC[C@@H](Oc2ncc(-c3ccc(-c4nc5cc(F)ccc5[nH]4)c(Cl)c3)cn2)CC1. The zero-order valence-corrected chi connectivity index (χ0v) is 18.9. The summed E-state index contributed by atoms with van der Waals surface area (Å²) in [6, 6.07) is 10.3. The maximum Gasteiger partial charge on any atom is 0.316 e. The van der Waals surface area contributed by atoms with Gasteiger partial charge in [-0.2, -0.15) is 0 Å². The largest absolute Gasteiger partial charge is 0.481 e. The molecule has 0 amide bonds. The molecule has 0 saturated heterocycles. The van der Waals surface area contributed by atoms with Gasteiger partial charge in [-0.05, 0) is 61.4 Å². The number of rotatable bonds is 6. The van der Waals surface area contributed by atoms with E-state index in [-0.39, 0.29) is 24.3 Å². The Kier molecular flexibility index (Phi) is 6.15. The van der Waals surface area contributed by atoms with E-state index in [9.17, 15) is 9.18 Å². The number of halogens is 2. The minimum absolute atomic E-state index is 0.00177. The lowest BCUT2D eigenvalue weighted by atomic mass is 9.85. The zero-order chi connectivity index (χ0) is 23.7. The Labute approximate surface area is 200 Å². The van der Waals surface area contributed by atoms with E-state index < -0.39 is 5.97 Å². The number of benzene rings is 2. The summed E-state index contributed by atoms with van der Waals surface area (Å²) >= 11 is 6.54. The predicted molar refractivity (Wildman–Crippen MR) is 126 cm³/mol. The zero-order valence-electron chi connectivity index (χ0n) is 18.2. The van der Waals surface area contributed by atoms with Crippen LogP contribution >= 0.6 is 11.6 Å². The number of aliphatic carboxylic acids is 1. The molecule has 1 saturated carbocycles. The molecule has 2 N–H and O–H groups in total. The van der Waals surface area contributed by atoms with Gasteiger partial charge in [-0.3, -0.25) is 4.79 Å². The molecule has 1 fully saturated rings. The molecule has 0 atom stereocenters. The van der Waals surface area contributed by atoms with E-state index in [0.29, 0.717) is 27.9 Å². The highest BCUT2D eigenvalue weighted by molar-refractivity contribution is 6.33. The van der Waals surface area contributed by atoms with Gasteiger partial charge in [0.05, 0.1) is 16.1 Å². The average molecular weight is 481 g/mol. The molecule has 9 heteroatoms. The first-order chi connectivity index (χ1) is 16.4. The summed E-state index contributed by atoms with van der Waals surface area (Å²) in [5.41, 5.74) is 3.61. The second-order valence-corrected chi connectivity index (χ2v) is 8.96. The Bertz CT molecular complexity index is 1330. The van der Waals surface area contributed by atoms with Crippen molar-refractivity contribution in [3.63, 3.8) is 0 Å². The van der Waals surface area contributed by atoms with Crippen LogP contribution in [0.1, 0.15) is 32.1 Å². The van der Waals surface area contributed by atoms with Gasteiger partial charge in [-0.25, -0.2) is 19.3 Å². The van der Waals surface area contributed by atoms with E-state index in [1.807, 2.05) is 18.2 Å². The molecule has 1 aliphatic carbocycles. The van der Waals surface area contributed by atoms with Crippen molar-refractivity contribution in [2.75, 3.05) is 0 Å². The molecule has 174 valence electrons. The van der Waals surface area contributed by atoms with Gasteiger partial charge >= 0.3 is 12.0 Å². The first-order valence-electron chi connectivity index (χ1n) is 11.1. The lowest BCUT2D eigenvalue weighted by Crippen LogP contribution is -2.25. The highest BCUT2D eigenvalue weighted by Gasteiger charge is 2.24. The van der Waals surface area contributed by atoms with Gasteiger partial charge in [0.1, 0.15) is 17.7 Å². The number of ether oxygens (including phenoxy) is 1. The van der Waals surface area contributed by atoms with Gasteiger partial charge in [0.2, 0.25) is 0 Å². The summed E-state index contributed by atoms with van der Waals surface area (Å²) in [5.74, 6) is -0.306. The molecular formula is C25H22ClFN4O3. The van der Waals surface area contributed by atoms with Crippen LogP contribution < -0.4 is 4.74 Å². The smallest absolute Gasteiger partial charge is 0.316 e. The summed E-state index contributed by atoms with van der Waals surface area (Å²) in [7, 11) is 0. The Balaban J connectivity index is 1.26. The van der Waals surface area contributed by atoms with Crippen molar-refractivity contribution in [3.8, 4) is 28.5 Å². The van der Waals surface area contributed by atoms with Crippen LogP contribution in [0.3, 0.4) is 0 Å². The Morgan fingerprint density at radius 1 is 1.09 bits per heavy atom. The number of nitrogens with zero attached hydrogens (tertiary/aromatic N) is 3. The van der Waals surface area contributed by atoms with Gasteiger partial charge in [-0.1, -0.05) is 17.7 Å². The van der Waals surface area contributed by atoms with Crippen molar-refractivity contribution in [2.45, 2.75) is 38.2 Å². The number of hydrogen-bond donors (Lipinski definition) is 2. The minimum Gasteiger partial charge on any atom is -0.481 e. The van der Waals surface area contributed by atoms with E-state index in [4.69, 9.17) is 21.4 Å². The van der Waals surface area contributed by atoms with Crippen LogP contribution in [0.2, 0.25) is 5.02 Å². The molecule has 2 aromatic carbocycles. The van der Waals surface area contributed by atoms with Crippen molar-refractivity contribution < 1.29 is 19.0 Å². The fraction of sp³-hybridized carbons (Fsp3) is 0.280. The van der Waals surface area contributed by atoms with E-state index in [0.717, 1.165) is 42.3 Å². The van der Waals surface area contributed by atoms with Crippen LogP contribution in [0.15, 0.2) is 48.8 Å². The molecule has 4 aromatic rings. The first kappa shape index (κ1) is 22.3. The second kappa shape index (κ2) is 9.38. The standard InChI is InChI=1S/C25H22ClFN4O3/c26-20-10-15(3-7-19(20)24-30-21-8-4-17(27)11-22(21)31-24)16-12-28-25(29-13-16)34-18-5-1-14(2-6-18)9-23(32)33/h3-4,7-8,10-14,18H,1-2,5-6,9H2,(H,30,31)(H,32,33)/t14-,18+. The van der Waals surface area contributed by atoms with Crippen molar-refractivity contribution in [1.29, 1.82) is 0 Å². The second-order valence-electron chi connectivity index (χ2n) is 8.55. The van der Waals surface area contributed by atoms with Crippen LogP contribution in [-0.4, -0.2) is 37.1 Å². The van der Waals surface area contributed by atoms with Crippen molar-refractivity contribution in [2.24, 2.45) is 5.92 Å². The van der Waals surface area contributed by atoms with Crippen LogP contribution in [0.4, 0.5) is 4.39 Å². The molecule has 5 rings (SSSR count). The van der Waals surface area contributed by atoms with Crippen molar-refractivity contribution in [1.82, 2.24) is 19.9 Å². The lowest BCUT2D eigenvalue weighted by Gasteiger charge is -2.27. The van der Waals surface area contributed by atoms with Gasteiger partial charge < -0.3 is 14.8 Å². The number of imidazole rings is 1. The molecule has 0 radical (unpaired) electrons. The molecule has 7 nitrogen and oxygen atoms in total. The number of carbonyl (C=O) groups is 1. The Morgan fingerprint density at radius 3 is 2.56 bits per heavy atom. The predicted octanol–water partition coefficient (Wildman–Crippen LogP) is 5.89. The summed E-state index contributed by atoms with van der Waals surface area (Å²) < 4.78 is 19.4. The summed E-state index contributed by atoms with van der Waals surface area (Å²) in [6.07, 6.45) is 6.86. The highest BCUT2D eigenvalue weighted by Crippen LogP contribution is 2.32. The Morgan fingerprint density at radius 2 is 1.85 bits per heavy atom. The fourth-order valence-electron chi connectivity index (χ4n) is 4.37. The number of carboxylic acids is 1. The topological polar surface area (TPSA) is 101 Å². The quantitative estimate of drug-likeness (QED) is 0.356. The van der Waals surface area contributed by atoms with E-state index in [1.165, 1.54) is 12.1 Å². The summed E-state index contributed by atoms with van der Waals surface area (Å²) in [5, 5.41) is 9.44. The number of aromatic nitrogens is 4. The van der Waals surface area contributed by atoms with Gasteiger partial charge in [0, 0.05) is 36.0 Å². The molecule has 2 aromatic heterocycles. The van der Waals surface area contributed by atoms with Crippen molar-refractivity contribution in [3.05, 3.63) is 59.6 Å². The number of H-pyrrole nitrogens is 1. The van der Waals surface area contributed by atoms with E-state index >= 15 is 0 Å². The minimum atomic E-state index is -0.746. The molecular weight excluding hydrogens is 459 g/mol. The summed E-state index contributed by atoms with van der Waals surface area (Å²) in [4.78, 5) is 27.2. The van der Waals surface area contributed by atoms with Crippen LogP contribution in [0.5, 0.6) is 6.01 Å². The molecule has 2 heterocycles. The molecule has 0 aliphatic heterocycles. The molecule has 1 aliphatic rings. The third-order valence-corrected chi connectivity index (χ3v) is 6.47. The lowest BCUT2D eigenvalue weighted by molar-refractivity contribution is -0.138. The fourth-order valence-corrected chi connectivity index (χ4v) is 4.64. The van der Waals surface area contributed by atoms with Crippen LogP contribution in [0, 0.1) is 11.7 Å². The van der Waals surface area contributed by atoms with E-state index in [2.05, 4.69) is 19.9 Å². The molecule has 0 spiro atoms. The highest BCUT2D eigenvalue weighted by atomic mass is 35.5. The van der Waals surface area contributed by atoms with Gasteiger partial charge in [-0.15, -0.1) is 0 Å². The Hall–Kier alpha value is -3.52.